The van der Waals surface area contributed by atoms with Gasteiger partial charge in [0.1, 0.15) is 23.3 Å². The third kappa shape index (κ3) is 4.39. The number of esters is 1. The molecule has 0 spiro atoms. The summed E-state index contributed by atoms with van der Waals surface area (Å²) in [5.74, 6) is 0.0786. The molecule has 1 saturated heterocycles. The molecule has 0 aliphatic carbocycles. The van der Waals surface area contributed by atoms with E-state index in [1.807, 2.05) is 31.2 Å². The third-order valence-electron chi connectivity index (χ3n) is 4.54. The van der Waals surface area contributed by atoms with Crippen LogP contribution in [0.3, 0.4) is 0 Å². The first kappa shape index (κ1) is 19.6. The van der Waals surface area contributed by atoms with Crippen molar-refractivity contribution in [1.82, 2.24) is 4.98 Å². The van der Waals surface area contributed by atoms with Crippen molar-refractivity contribution in [1.29, 1.82) is 5.26 Å². The van der Waals surface area contributed by atoms with E-state index < -0.39 is 5.97 Å². The van der Waals surface area contributed by atoms with Crippen LogP contribution in [0.4, 0.5) is 17.3 Å². The van der Waals surface area contributed by atoms with Gasteiger partial charge in [0.2, 0.25) is 0 Å². The first-order chi connectivity index (χ1) is 13.5. The number of benzene rings is 1. The zero-order valence-electron chi connectivity index (χ0n) is 15.9. The van der Waals surface area contributed by atoms with Gasteiger partial charge in [-0.3, -0.25) is 0 Å². The van der Waals surface area contributed by atoms with Crippen molar-refractivity contribution in [2.24, 2.45) is 5.73 Å². The number of aromatic nitrogens is 1. The third-order valence-corrected chi connectivity index (χ3v) is 4.54. The van der Waals surface area contributed by atoms with Crippen LogP contribution in [-0.2, 0) is 9.47 Å². The molecule has 4 N–H and O–H groups in total. The summed E-state index contributed by atoms with van der Waals surface area (Å²) in [5, 5.41) is 16.0. The van der Waals surface area contributed by atoms with Crippen LogP contribution in [0.2, 0.25) is 0 Å². The fourth-order valence-electron chi connectivity index (χ4n) is 3.09. The fraction of sp³-hybridized carbons (Fsp3) is 0.350. The Balaban J connectivity index is 2.00. The number of nitriles is 1. The Kier molecular flexibility index (Phi) is 6.09. The minimum absolute atomic E-state index is 0.0383. The van der Waals surface area contributed by atoms with Gasteiger partial charge in [-0.25, -0.2) is 9.78 Å². The molecular formula is C20H23N5O3. The van der Waals surface area contributed by atoms with E-state index in [-0.39, 0.29) is 29.0 Å². The second-order valence-corrected chi connectivity index (χ2v) is 6.65. The van der Waals surface area contributed by atoms with Gasteiger partial charge in [-0.2, -0.15) is 5.26 Å². The fourth-order valence-corrected chi connectivity index (χ4v) is 3.09. The SMILES string of the molecule is COC(=O)c1c(C#N)cc(N[C@H]2CCOC[C@H]2N)nc1Nc1cccc(C)c1. The molecule has 1 aliphatic rings. The van der Waals surface area contributed by atoms with Crippen molar-refractivity contribution in [2.75, 3.05) is 31.0 Å². The predicted octanol–water partition coefficient (Wildman–Crippen LogP) is 2.32. The highest BCUT2D eigenvalue weighted by Crippen LogP contribution is 2.27. The second-order valence-electron chi connectivity index (χ2n) is 6.65. The summed E-state index contributed by atoms with van der Waals surface area (Å²) in [6.45, 7) is 3.02. The molecule has 1 aromatic heterocycles. The molecule has 0 radical (unpaired) electrons. The normalized spacial score (nSPS) is 18.8. The number of anilines is 3. The Hall–Kier alpha value is -3.15. The summed E-state index contributed by atoms with van der Waals surface area (Å²) in [4.78, 5) is 16.8. The summed E-state index contributed by atoms with van der Waals surface area (Å²) >= 11 is 0. The van der Waals surface area contributed by atoms with Gasteiger partial charge in [0.05, 0.1) is 19.3 Å². The molecule has 8 heteroatoms. The molecule has 3 rings (SSSR count). The highest BCUT2D eigenvalue weighted by atomic mass is 16.5. The van der Waals surface area contributed by atoms with Crippen LogP contribution in [-0.4, -0.2) is 43.4 Å². The molecule has 1 fully saturated rings. The van der Waals surface area contributed by atoms with Crippen LogP contribution < -0.4 is 16.4 Å². The number of carbonyl (C=O) groups excluding carboxylic acids is 1. The second kappa shape index (κ2) is 8.69. The molecule has 146 valence electrons. The molecule has 0 unspecified atom stereocenters. The Morgan fingerprint density at radius 1 is 1.43 bits per heavy atom. The van der Waals surface area contributed by atoms with E-state index in [0.29, 0.717) is 19.0 Å². The van der Waals surface area contributed by atoms with E-state index in [2.05, 4.69) is 21.7 Å². The maximum Gasteiger partial charge on any atom is 0.343 e. The number of rotatable bonds is 5. The van der Waals surface area contributed by atoms with Crippen molar-refractivity contribution in [3.8, 4) is 6.07 Å². The first-order valence-electron chi connectivity index (χ1n) is 8.99. The van der Waals surface area contributed by atoms with Crippen molar-refractivity contribution >= 4 is 23.3 Å². The summed E-state index contributed by atoms with van der Waals surface area (Å²) in [5.41, 5.74) is 8.16. The van der Waals surface area contributed by atoms with Gasteiger partial charge in [0, 0.05) is 24.4 Å². The summed E-state index contributed by atoms with van der Waals surface area (Å²) in [6.07, 6.45) is 0.726. The smallest absolute Gasteiger partial charge is 0.343 e. The van der Waals surface area contributed by atoms with Crippen molar-refractivity contribution in [3.05, 3.63) is 47.0 Å². The zero-order chi connectivity index (χ0) is 20.1. The van der Waals surface area contributed by atoms with Crippen LogP contribution in [0.25, 0.3) is 0 Å². The number of nitrogens with one attached hydrogen (secondary N) is 2. The molecule has 2 heterocycles. The van der Waals surface area contributed by atoms with Gasteiger partial charge in [-0.05, 0) is 37.1 Å². The molecule has 28 heavy (non-hydrogen) atoms. The van der Waals surface area contributed by atoms with Crippen molar-refractivity contribution in [2.45, 2.75) is 25.4 Å². The van der Waals surface area contributed by atoms with Crippen LogP contribution in [0.5, 0.6) is 0 Å². The van der Waals surface area contributed by atoms with E-state index in [9.17, 15) is 10.1 Å². The number of nitrogens with zero attached hydrogens (tertiary/aromatic N) is 2. The van der Waals surface area contributed by atoms with E-state index in [0.717, 1.165) is 17.7 Å². The van der Waals surface area contributed by atoms with E-state index >= 15 is 0 Å². The van der Waals surface area contributed by atoms with E-state index in [4.69, 9.17) is 15.2 Å². The monoisotopic (exact) mass is 381 g/mol. The van der Waals surface area contributed by atoms with Gasteiger partial charge in [-0.15, -0.1) is 0 Å². The van der Waals surface area contributed by atoms with Crippen LogP contribution in [0.1, 0.15) is 27.9 Å². The maximum atomic E-state index is 12.3. The Labute approximate surface area is 163 Å². The number of hydrogen-bond acceptors (Lipinski definition) is 8. The Bertz CT molecular complexity index is 909. The number of hydrogen-bond donors (Lipinski definition) is 3. The lowest BCUT2D eigenvalue weighted by atomic mass is 10.0. The number of nitrogens with two attached hydrogens (primary N) is 1. The maximum absolute atomic E-state index is 12.3. The lowest BCUT2D eigenvalue weighted by molar-refractivity contribution is 0.0601. The molecule has 8 nitrogen and oxygen atoms in total. The van der Waals surface area contributed by atoms with Gasteiger partial charge < -0.3 is 25.8 Å². The van der Waals surface area contributed by atoms with Gasteiger partial charge >= 0.3 is 5.97 Å². The first-order valence-corrected chi connectivity index (χ1v) is 8.99. The molecule has 2 atom stereocenters. The average Bonchev–Trinajstić information content (AvgIpc) is 2.69. The predicted molar refractivity (Wildman–Crippen MR) is 106 cm³/mol. The highest BCUT2D eigenvalue weighted by Gasteiger charge is 2.25. The van der Waals surface area contributed by atoms with Crippen molar-refractivity contribution < 1.29 is 14.3 Å². The molecule has 0 amide bonds. The zero-order valence-corrected chi connectivity index (χ0v) is 15.9. The minimum Gasteiger partial charge on any atom is -0.465 e. The Morgan fingerprint density at radius 2 is 2.25 bits per heavy atom. The largest absolute Gasteiger partial charge is 0.465 e. The number of aryl methyl sites for hydroxylation is 1. The number of methoxy groups -OCH3 is 1. The molecule has 1 aliphatic heterocycles. The molecule has 0 bridgehead atoms. The summed E-state index contributed by atoms with van der Waals surface area (Å²) < 4.78 is 10.2. The molecular weight excluding hydrogens is 358 g/mol. The minimum atomic E-state index is -0.631. The Morgan fingerprint density at radius 3 is 2.93 bits per heavy atom. The molecule has 2 aromatic rings. The van der Waals surface area contributed by atoms with Gasteiger partial charge in [-0.1, -0.05) is 12.1 Å². The summed E-state index contributed by atoms with van der Waals surface area (Å²) in [7, 11) is 1.27. The lowest BCUT2D eigenvalue weighted by Crippen LogP contribution is -2.47. The van der Waals surface area contributed by atoms with E-state index in [1.54, 1.807) is 0 Å². The van der Waals surface area contributed by atoms with Crippen molar-refractivity contribution in [3.63, 3.8) is 0 Å². The summed E-state index contributed by atoms with van der Waals surface area (Å²) in [6, 6.07) is 11.0. The topological polar surface area (TPSA) is 122 Å². The molecule has 1 aromatic carbocycles. The van der Waals surface area contributed by atoms with Gasteiger partial charge in [0.15, 0.2) is 0 Å². The quantitative estimate of drug-likeness (QED) is 0.675. The van der Waals surface area contributed by atoms with Crippen LogP contribution >= 0.6 is 0 Å². The molecule has 0 saturated carbocycles. The standard InChI is InChI=1S/C20H23N5O3/c1-12-4-3-5-14(8-12)23-19-18(20(26)27-2)13(10-21)9-17(25-19)24-16-6-7-28-11-15(16)22/h3-5,8-9,15-16H,6-7,11,22H2,1-2H3,(H2,23,24,25)/t15-,16+/m1/s1. The van der Waals surface area contributed by atoms with E-state index in [1.165, 1.54) is 13.2 Å². The van der Waals surface area contributed by atoms with Crippen LogP contribution in [0, 0.1) is 18.3 Å². The lowest BCUT2D eigenvalue weighted by Gasteiger charge is -2.30. The highest BCUT2D eigenvalue weighted by molar-refractivity contribution is 5.98. The van der Waals surface area contributed by atoms with Gasteiger partial charge in [0.25, 0.3) is 0 Å². The number of carbonyl (C=O) groups is 1. The number of ether oxygens (including phenoxy) is 2. The number of pyridine rings is 1. The average molecular weight is 381 g/mol. The van der Waals surface area contributed by atoms with Crippen LogP contribution in [0.15, 0.2) is 30.3 Å².